The van der Waals surface area contributed by atoms with Crippen LogP contribution < -0.4 is 10.6 Å². The van der Waals surface area contributed by atoms with Crippen LogP contribution >= 0.6 is 11.3 Å². The number of ether oxygens (including phenoxy) is 1. The van der Waals surface area contributed by atoms with Crippen molar-refractivity contribution in [3.8, 4) is 0 Å². The number of anilines is 2. The largest absolute Gasteiger partial charge is 0.462 e. The van der Waals surface area contributed by atoms with E-state index in [-0.39, 0.29) is 24.8 Å². The van der Waals surface area contributed by atoms with Crippen molar-refractivity contribution in [3.63, 3.8) is 0 Å². The molecule has 0 aliphatic carbocycles. The Morgan fingerprint density at radius 2 is 2.04 bits per heavy atom. The van der Waals surface area contributed by atoms with Gasteiger partial charge >= 0.3 is 5.97 Å². The van der Waals surface area contributed by atoms with Crippen LogP contribution in [0.2, 0.25) is 0 Å². The average molecular weight is 372 g/mol. The minimum Gasteiger partial charge on any atom is -0.462 e. The Bertz CT molecular complexity index is 888. The van der Waals surface area contributed by atoms with Crippen molar-refractivity contribution >= 4 is 39.8 Å². The van der Waals surface area contributed by atoms with Crippen LogP contribution in [0.4, 0.5) is 10.7 Å². The predicted molar refractivity (Wildman–Crippen MR) is 101 cm³/mol. The van der Waals surface area contributed by atoms with Crippen LogP contribution in [0.25, 0.3) is 0 Å². The summed E-state index contributed by atoms with van der Waals surface area (Å²) in [6.07, 6.45) is 0.0704. The molecule has 7 heteroatoms. The highest BCUT2D eigenvalue weighted by molar-refractivity contribution is 7.16. The van der Waals surface area contributed by atoms with E-state index >= 15 is 0 Å². The third-order valence-corrected chi connectivity index (χ3v) is 5.54. The molecular formula is C19H20N2O4S. The normalized spacial score (nSPS) is 15.8. The number of amides is 2. The molecule has 2 aromatic rings. The van der Waals surface area contributed by atoms with Gasteiger partial charge in [0.25, 0.3) is 0 Å². The lowest BCUT2D eigenvalue weighted by atomic mass is 9.90. The summed E-state index contributed by atoms with van der Waals surface area (Å²) in [6.45, 7) is 5.72. The van der Waals surface area contributed by atoms with E-state index in [1.807, 2.05) is 32.0 Å². The Hall–Kier alpha value is -2.67. The van der Waals surface area contributed by atoms with Crippen molar-refractivity contribution in [2.24, 2.45) is 0 Å². The van der Waals surface area contributed by atoms with Crippen LogP contribution in [0, 0.1) is 13.8 Å². The summed E-state index contributed by atoms with van der Waals surface area (Å²) < 4.78 is 5.12. The maximum Gasteiger partial charge on any atom is 0.341 e. The summed E-state index contributed by atoms with van der Waals surface area (Å²) in [5.41, 5.74) is 2.60. The van der Waals surface area contributed by atoms with Crippen molar-refractivity contribution in [2.45, 2.75) is 33.1 Å². The zero-order chi connectivity index (χ0) is 18.8. The van der Waals surface area contributed by atoms with E-state index in [4.69, 9.17) is 4.74 Å². The lowest BCUT2D eigenvalue weighted by Gasteiger charge is -2.24. The van der Waals surface area contributed by atoms with Gasteiger partial charge in [-0.15, -0.1) is 11.3 Å². The molecule has 6 nitrogen and oxygen atoms in total. The third kappa shape index (κ3) is 3.35. The molecule has 1 atom stereocenters. The fourth-order valence-electron chi connectivity index (χ4n) is 3.01. The standard InChI is InChI=1S/C19H20N2O4S/c1-4-25-19(24)16-10(2)11(3)26-18(16)21-17(23)13-9-15(22)20-14-8-6-5-7-12(13)14/h5-8,13H,4,9H2,1-3H3,(H,20,22)(H,21,23). The van der Waals surface area contributed by atoms with E-state index in [2.05, 4.69) is 10.6 Å². The number of carbonyl (C=O) groups excluding carboxylic acids is 3. The van der Waals surface area contributed by atoms with Crippen molar-refractivity contribution in [3.05, 3.63) is 45.8 Å². The van der Waals surface area contributed by atoms with Crippen LogP contribution in [0.15, 0.2) is 24.3 Å². The van der Waals surface area contributed by atoms with Crippen molar-refractivity contribution in [1.82, 2.24) is 0 Å². The molecule has 1 aromatic heterocycles. The van der Waals surface area contributed by atoms with E-state index in [0.29, 0.717) is 16.3 Å². The number of thiophene rings is 1. The van der Waals surface area contributed by atoms with Gasteiger partial charge in [0, 0.05) is 17.0 Å². The summed E-state index contributed by atoms with van der Waals surface area (Å²) in [6, 6.07) is 7.25. The fraction of sp³-hybridized carbons (Fsp3) is 0.316. The summed E-state index contributed by atoms with van der Waals surface area (Å²) in [5, 5.41) is 6.08. The highest BCUT2D eigenvalue weighted by Gasteiger charge is 2.32. The Morgan fingerprint density at radius 1 is 1.31 bits per heavy atom. The molecule has 1 unspecified atom stereocenters. The molecule has 0 radical (unpaired) electrons. The molecule has 0 spiro atoms. The Kier molecular flexibility index (Phi) is 5.08. The topological polar surface area (TPSA) is 84.5 Å². The lowest BCUT2D eigenvalue weighted by Crippen LogP contribution is -2.30. The van der Waals surface area contributed by atoms with Crippen molar-refractivity contribution < 1.29 is 19.1 Å². The number of benzene rings is 1. The molecule has 1 aliphatic rings. The average Bonchev–Trinajstić information content (AvgIpc) is 2.88. The second-order valence-electron chi connectivity index (χ2n) is 6.09. The van der Waals surface area contributed by atoms with Gasteiger partial charge in [0.2, 0.25) is 11.8 Å². The highest BCUT2D eigenvalue weighted by Crippen LogP contribution is 2.36. The lowest BCUT2D eigenvalue weighted by molar-refractivity contribution is -0.123. The number of para-hydroxylation sites is 1. The van der Waals surface area contributed by atoms with E-state index in [9.17, 15) is 14.4 Å². The molecular weight excluding hydrogens is 352 g/mol. The second-order valence-corrected chi connectivity index (χ2v) is 7.31. The number of nitrogens with one attached hydrogen (secondary N) is 2. The van der Waals surface area contributed by atoms with Gasteiger partial charge in [-0.25, -0.2) is 4.79 Å². The first kappa shape index (κ1) is 18.1. The van der Waals surface area contributed by atoms with Crippen LogP contribution in [0.3, 0.4) is 0 Å². The first-order valence-corrected chi connectivity index (χ1v) is 9.20. The molecule has 26 heavy (non-hydrogen) atoms. The third-order valence-electron chi connectivity index (χ3n) is 4.42. The van der Waals surface area contributed by atoms with E-state index in [1.54, 1.807) is 13.0 Å². The molecule has 0 saturated carbocycles. The molecule has 2 N–H and O–H groups in total. The quantitative estimate of drug-likeness (QED) is 0.803. The SMILES string of the molecule is CCOC(=O)c1c(NC(=O)C2CC(=O)Nc3ccccc32)sc(C)c1C. The summed E-state index contributed by atoms with van der Waals surface area (Å²) in [7, 11) is 0. The van der Waals surface area contributed by atoms with Gasteiger partial charge in [0.1, 0.15) is 5.00 Å². The highest BCUT2D eigenvalue weighted by atomic mass is 32.1. The van der Waals surface area contributed by atoms with E-state index < -0.39 is 11.9 Å². The van der Waals surface area contributed by atoms with Gasteiger partial charge in [-0.05, 0) is 38.0 Å². The van der Waals surface area contributed by atoms with Crippen LogP contribution in [-0.4, -0.2) is 24.4 Å². The van der Waals surface area contributed by atoms with Crippen LogP contribution in [0.1, 0.15) is 45.6 Å². The first-order chi connectivity index (χ1) is 12.4. The maximum atomic E-state index is 12.9. The number of hydrogen-bond donors (Lipinski definition) is 2. The van der Waals surface area contributed by atoms with Crippen molar-refractivity contribution in [1.29, 1.82) is 0 Å². The molecule has 3 rings (SSSR count). The number of carbonyl (C=O) groups is 3. The Labute approximate surface area is 155 Å². The van der Waals surface area contributed by atoms with E-state index in [0.717, 1.165) is 16.0 Å². The minimum atomic E-state index is -0.599. The molecule has 0 saturated heterocycles. The van der Waals surface area contributed by atoms with Gasteiger partial charge in [0.05, 0.1) is 18.1 Å². The molecule has 2 amide bonds. The van der Waals surface area contributed by atoms with Gasteiger partial charge in [-0.3, -0.25) is 9.59 Å². The smallest absolute Gasteiger partial charge is 0.341 e. The zero-order valence-corrected chi connectivity index (χ0v) is 15.7. The minimum absolute atomic E-state index is 0.0704. The Morgan fingerprint density at radius 3 is 2.77 bits per heavy atom. The summed E-state index contributed by atoms with van der Waals surface area (Å²) >= 11 is 1.34. The molecule has 136 valence electrons. The molecule has 0 fully saturated rings. The fourth-order valence-corrected chi connectivity index (χ4v) is 4.06. The molecule has 1 aromatic carbocycles. The van der Waals surface area contributed by atoms with Crippen LogP contribution in [0.5, 0.6) is 0 Å². The molecule has 0 bridgehead atoms. The monoisotopic (exact) mass is 372 g/mol. The van der Waals surface area contributed by atoms with E-state index in [1.165, 1.54) is 11.3 Å². The number of hydrogen-bond acceptors (Lipinski definition) is 5. The number of aryl methyl sites for hydroxylation is 1. The number of fused-ring (bicyclic) bond motifs is 1. The van der Waals surface area contributed by atoms with Crippen LogP contribution in [-0.2, 0) is 14.3 Å². The van der Waals surface area contributed by atoms with Gasteiger partial charge in [-0.2, -0.15) is 0 Å². The predicted octanol–water partition coefficient (Wildman–Crippen LogP) is 3.61. The van der Waals surface area contributed by atoms with Gasteiger partial charge in [-0.1, -0.05) is 18.2 Å². The number of rotatable bonds is 4. The van der Waals surface area contributed by atoms with Crippen molar-refractivity contribution in [2.75, 3.05) is 17.2 Å². The number of esters is 1. The van der Waals surface area contributed by atoms with Gasteiger partial charge < -0.3 is 15.4 Å². The second kappa shape index (κ2) is 7.29. The maximum absolute atomic E-state index is 12.9. The first-order valence-electron chi connectivity index (χ1n) is 8.39. The zero-order valence-electron chi connectivity index (χ0n) is 14.8. The molecule has 2 heterocycles. The Balaban J connectivity index is 1.91. The molecule has 1 aliphatic heterocycles. The van der Waals surface area contributed by atoms with Gasteiger partial charge in [0.15, 0.2) is 0 Å². The summed E-state index contributed by atoms with van der Waals surface area (Å²) in [5.74, 6) is -1.56. The summed E-state index contributed by atoms with van der Waals surface area (Å²) in [4.78, 5) is 38.1.